The summed E-state index contributed by atoms with van der Waals surface area (Å²) < 4.78 is 22.2. The van der Waals surface area contributed by atoms with Gasteiger partial charge in [0.25, 0.3) is 0 Å². The number of hydrogen-bond acceptors (Lipinski definition) is 5. The third kappa shape index (κ3) is 4.75. The zero-order valence-corrected chi connectivity index (χ0v) is 17.9. The smallest absolute Gasteiger partial charge is 0.231 e. The molecule has 156 valence electrons. The van der Waals surface area contributed by atoms with Crippen molar-refractivity contribution in [3.8, 4) is 23.0 Å². The molecule has 0 bridgehead atoms. The molecule has 3 aromatic carbocycles. The molecule has 0 atom stereocenters. The monoisotopic (exact) mass is 445 g/mol. The molecule has 30 heavy (non-hydrogen) atoms. The van der Waals surface area contributed by atoms with Gasteiger partial charge < -0.3 is 24.3 Å². The van der Waals surface area contributed by atoms with Gasteiger partial charge in [0.15, 0.2) is 23.0 Å². The lowest BCUT2D eigenvalue weighted by Gasteiger charge is -2.14. The van der Waals surface area contributed by atoms with Gasteiger partial charge in [0.2, 0.25) is 6.79 Å². The summed E-state index contributed by atoms with van der Waals surface area (Å²) in [6, 6.07) is 17.2. The number of ether oxygens (including phenoxy) is 4. The highest BCUT2D eigenvalue weighted by molar-refractivity contribution is 6.35. The van der Waals surface area contributed by atoms with Crippen LogP contribution >= 0.6 is 23.2 Å². The van der Waals surface area contributed by atoms with E-state index in [1.807, 2.05) is 36.4 Å². The van der Waals surface area contributed by atoms with E-state index in [0.29, 0.717) is 34.6 Å². The average molecular weight is 446 g/mol. The van der Waals surface area contributed by atoms with E-state index >= 15 is 0 Å². The zero-order valence-electron chi connectivity index (χ0n) is 16.4. The summed E-state index contributed by atoms with van der Waals surface area (Å²) >= 11 is 12.4. The zero-order chi connectivity index (χ0) is 20.9. The first-order valence-electron chi connectivity index (χ1n) is 9.46. The topological polar surface area (TPSA) is 49.0 Å². The summed E-state index contributed by atoms with van der Waals surface area (Å²) in [6.45, 7) is 1.93. The second kappa shape index (κ2) is 9.47. The number of methoxy groups -OCH3 is 1. The maximum Gasteiger partial charge on any atom is 0.231 e. The molecule has 1 aliphatic rings. The van der Waals surface area contributed by atoms with Gasteiger partial charge in [-0.2, -0.15) is 0 Å². The quantitative estimate of drug-likeness (QED) is 0.488. The Bertz CT molecular complexity index is 1020. The lowest BCUT2D eigenvalue weighted by molar-refractivity contribution is 0.174. The van der Waals surface area contributed by atoms with Crippen molar-refractivity contribution < 1.29 is 18.9 Å². The summed E-state index contributed by atoms with van der Waals surface area (Å²) in [5.41, 5.74) is 2.95. The predicted octanol–water partition coefficient (Wildman–Crippen LogP) is 5.60. The van der Waals surface area contributed by atoms with Crippen LogP contribution in [0.5, 0.6) is 23.0 Å². The minimum Gasteiger partial charge on any atom is -0.493 e. The normalized spacial score (nSPS) is 12.1. The molecule has 0 saturated carbocycles. The van der Waals surface area contributed by atoms with Crippen molar-refractivity contribution in [1.29, 1.82) is 0 Å². The van der Waals surface area contributed by atoms with E-state index < -0.39 is 0 Å². The second-order valence-corrected chi connectivity index (χ2v) is 7.58. The van der Waals surface area contributed by atoms with Crippen molar-refractivity contribution in [1.82, 2.24) is 5.32 Å². The molecule has 0 aromatic heterocycles. The second-order valence-electron chi connectivity index (χ2n) is 6.77. The average Bonchev–Trinajstić information content (AvgIpc) is 3.22. The van der Waals surface area contributed by atoms with Crippen LogP contribution in [0.3, 0.4) is 0 Å². The molecule has 3 aromatic rings. The highest BCUT2D eigenvalue weighted by Gasteiger charge is 2.13. The van der Waals surface area contributed by atoms with E-state index in [2.05, 4.69) is 5.32 Å². The van der Waals surface area contributed by atoms with Crippen molar-refractivity contribution in [2.24, 2.45) is 0 Å². The number of hydrogen-bond donors (Lipinski definition) is 1. The van der Waals surface area contributed by atoms with Crippen LogP contribution in [-0.2, 0) is 19.7 Å². The molecule has 0 saturated heterocycles. The van der Waals surface area contributed by atoms with Crippen LogP contribution in [0.2, 0.25) is 10.0 Å². The lowest BCUT2D eigenvalue weighted by Crippen LogP contribution is -2.12. The van der Waals surface area contributed by atoms with E-state index in [-0.39, 0.29) is 13.4 Å². The van der Waals surface area contributed by atoms with Gasteiger partial charge in [0, 0.05) is 28.7 Å². The Hall–Kier alpha value is -2.60. The molecule has 0 unspecified atom stereocenters. The first-order chi connectivity index (χ1) is 14.6. The molecule has 0 fully saturated rings. The Morgan fingerprint density at radius 1 is 0.867 bits per heavy atom. The van der Waals surface area contributed by atoms with Crippen molar-refractivity contribution >= 4 is 23.2 Å². The van der Waals surface area contributed by atoms with Gasteiger partial charge in [-0.15, -0.1) is 0 Å². The Morgan fingerprint density at radius 2 is 1.57 bits per heavy atom. The molecule has 1 N–H and O–H groups in total. The van der Waals surface area contributed by atoms with Gasteiger partial charge in [-0.25, -0.2) is 0 Å². The standard InChI is InChI=1S/C23H21Cl2NO4/c1-27-22-9-15(11-26-12-16-6-8-21-23(10-16)30-14-29-21)5-7-20(22)28-13-17-18(24)3-2-4-19(17)25/h2-10,26H,11-14H2,1H3. The maximum absolute atomic E-state index is 6.21. The van der Waals surface area contributed by atoms with Crippen LogP contribution in [0.15, 0.2) is 54.6 Å². The Morgan fingerprint density at radius 3 is 2.33 bits per heavy atom. The highest BCUT2D eigenvalue weighted by atomic mass is 35.5. The molecular formula is C23H21Cl2NO4. The molecule has 0 aliphatic carbocycles. The molecule has 1 heterocycles. The fraction of sp³-hybridized carbons (Fsp3) is 0.217. The molecule has 4 rings (SSSR count). The molecular weight excluding hydrogens is 425 g/mol. The van der Waals surface area contributed by atoms with Crippen LogP contribution in [0.4, 0.5) is 0 Å². The summed E-state index contributed by atoms with van der Waals surface area (Å²) in [6.07, 6.45) is 0. The largest absolute Gasteiger partial charge is 0.493 e. The van der Waals surface area contributed by atoms with Crippen molar-refractivity contribution in [2.75, 3.05) is 13.9 Å². The van der Waals surface area contributed by atoms with Gasteiger partial charge in [0.1, 0.15) is 6.61 Å². The van der Waals surface area contributed by atoms with Gasteiger partial charge in [-0.3, -0.25) is 0 Å². The van der Waals surface area contributed by atoms with Crippen LogP contribution in [0.25, 0.3) is 0 Å². The van der Waals surface area contributed by atoms with Crippen LogP contribution in [0, 0.1) is 0 Å². The Balaban J connectivity index is 1.36. The molecule has 0 amide bonds. The van der Waals surface area contributed by atoms with Crippen molar-refractivity contribution in [3.63, 3.8) is 0 Å². The maximum atomic E-state index is 6.21. The SMILES string of the molecule is COc1cc(CNCc2ccc3c(c2)OCO3)ccc1OCc1c(Cl)cccc1Cl. The first-order valence-corrected chi connectivity index (χ1v) is 10.2. The number of halogens is 2. The van der Waals surface area contributed by atoms with E-state index in [4.69, 9.17) is 42.1 Å². The van der Waals surface area contributed by atoms with Gasteiger partial charge in [-0.1, -0.05) is 41.4 Å². The van der Waals surface area contributed by atoms with E-state index in [9.17, 15) is 0 Å². The fourth-order valence-electron chi connectivity index (χ4n) is 3.16. The fourth-order valence-corrected chi connectivity index (χ4v) is 3.67. The molecule has 0 radical (unpaired) electrons. The number of rotatable bonds is 8. The summed E-state index contributed by atoms with van der Waals surface area (Å²) in [4.78, 5) is 0. The number of fused-ring (bicyclic) bond motifs is 1. The van der Waals surface area contributed by atoms with Crippen molar-refractivity contribution in [2.45, 2.75) is 19.7 Å². The van der Waals surface area contributed by atoms with Gasteiger partial charge in [-0.05, 0) is 47.5 Å². The highest BCUT2D eigenvalue weighted by Crippen LogP contribution is 2.33. The first kappa shape index (κ1) is 20.7. The molecule has 5 nitrogen and oxygen atoms in total. The minimum atomic E-state index is 0.260. The minimum absolute atomic E-state index is 0.260. The van der Waals surface area contributed by atoms with Gasteiger partial charge >= 0.3 is 0 Å². The van der Waals surface area contributed by atoms with Crippen LogP contribution in [-0.4, -0.2) is 13.9 Å². The summed E-state index contributed by atoms with van der Waals surface area (Å²) in [5, 5.41) is 4.57. The van der Waals surface area contributed by atoms with Gasteiger partial charge in [0.05, 0.1) is 7.11 Å². The molecule has 7 heteroatoms. The third-order valence-electron chi connectivity index (χ3n) is 4.76. The van der Waals surface area contributed by atoms with E-state index in [1.165, 1.54) is 0 Å². The molecule has 1 aliphatic heterocycles. The van der Waals surface area contributed by atoms with E-state index in [0.717, 1.165) is 28.2 Å². The number of nitrogens with one attached hydrogen (secondary N) is 1. The van der Waals surface area contributed by atoms with Crippen LogP contribution in [0.1, 0.15) is 16.7 Å². The van der Waals surface area contributed by atoms with Crippen LogP contribution < -0.4 is 24.3 Å². The Kier molecular flexibility index (Phi) is 6.53. The summed E-state index contributed by atoms with van der Waals surface area (Å²) in [5.74, 6) is 2.86. The molecule has 0 spiro atoms. The van der Waals surface area contributed by atoms with E-state index in [1.54, 1.807) is 25.3 Å². The number of benzene rings is 3. The van der Waals surface area contributed by atoms with Crippen molar-refractivity contribution in [3.05, 3.63) is 81.3 Å². The Labute approximate surface area is 185 Å². The third-order valence-corrected chi connectivity index (χ3v) is 5.47. The predicted molar refractivity (Wildman–Crippen MR) is 117 cm³/mol. The lowest BCUT2D eigenvalue weighted by atomic mass is 10.1. The summed E-state index contributed by atoms with van der Waals surface area (Å²) in [7, 11) is 1.62.